The second-order valence-electron chi connectivity index (χ2n) is 3.77. The third-order valence-electron chi connectivity index (χ3n) is 2.37. The Morgan fingerprint density at radius 1 is 1.44 bits per heavy atom. The van der Waals surface area contributed by atoms with Gasteiger partial charge in [0.05, 0.1) is 13.7 Å². The summed E-state index contributed by atoms with van der Waals surface area (Å²) in [5.41, 5.74) is 0.595. The lowest BCUT2D eigenvalue weighted by molar-refractivity contribution is -0.123. The van der Waals surface area contributed by atoms with Crippen LogP contribution in [0.1, 0.15) is 18.9 Å². The molecule has 1 rings (SSSR count). The van der Waals surface area contributed by atoms with Crippen LogP contribution in [-0.2, 0) is 11.4 Å². The Labute approximate surface area is 107 Å². The molecule has 0 aliphatic carbocycles. The van der Waals surface area contributed by atoms with Crippen molar-refractivity contribution in [2.45, 2.75) is 20.0 Å². The van der Waals surface area contributed by atoms with Gasteiger partial charge in [-0.15, -0.1) is 0 Å². The lowest BCUT2D eigenvalue weighted by atomic mass is 10.2. The van der Waals surface area contributed by atoms with E-state index < -0.39 is 0 Å². The summed E-state index contributed by atoms with van der Waals surface area (Å²) in [6.07, 6.45) is 0.885. The number of methoxy groups -OCH3 is 1. The number of nitrogens with one attached hydrogen (secondary N) is 1. The molecule has 0 heterocycles. The van der Waals surface area contributed by atoms with Gasteiger partial charge in [-0.1, -0.05) is 6.92 Å². The average molecular weight is 253 g/mol. The van der Waals surface area contributed by atoms with E-state index in [1.807, 2.05) is 6.92 Å². The lowest BCUT2D eigenvalue weighted by Crippen LogP contribution is -2.29. The number of ether oxygens (including phenoxy) is 2. The third kappa shape index (κ3) is 4.25. The van der Waals surface area contributed by atoms with E-state index in [2.05, 4.69) is 5.32 Å². The molecule has 0 bridgehead atoms. The highest BCUT2D eigenvalue weighted by molar-refractivity contribution is 5.77. The smallest absolute Gasteiger partial charge is 0.257 e. The van der Waals surface area contributed by atoms with E-state index in [1.54, 1.807) is 25.3 Å². The second kappa shape index (κ2) is 7.55. The number of rotatable bonds is 7. The summed E-state index contributed by atoms with van der Waals surface area (Å²) < 4.78 is 10.4. The fourth-order valence-corrected chi connectivity index (χ4v) is 1.41. The van der Waals surface area contributed by atoms with Gasteiger partial charge < -0.3 is 19.9 Å². The molecule has 0 aliphatic heterocycles. The first-order valence-corrected chi connectivity index (χ1v) is 5.88. The van der Waals surface area contributed by atoms with Crippen molar-refractivity contribution in [3.8, 4) is 11.5 Å². The van der Waals surface area contributed by atoms with Crippen LogP contribution in [0.5, 0.6) is 11.5 Å². The van der Waals surface area contributed by atoms with Gasteiger partial charge in [0.25, 0.3) is 5.91 Å². The van der Waals surface area contributed by atoms with Crippen LogP contribution >= 0.6 is 0 Å². The summed E-state index contributed by atoms with van der Waals surface area (Å²) in [6.45, 7) is 2.40. The number of carbonyl (C=O) groups excluding carboxylic acids is 1. The van der Waals surface area contributed by atoms with E-state index in [-0.39, 0.29) is 19.1 Å². The van der Waals surface area contributed by atoms with E-state index in [0.717, 1.165) is 6.42 Å². The molecule has 1 aromatic rings. The molecule has 0 saturated heterocycles. The number of carbonyl (C=O) groups is 1. The second-order valence-corrected chi connectivity index (χ2v) is 3.77. The minimum atomic E-state index is -0.170. The van der Waals surface area contributed by atoms with Gasteiger partial charge in [-0.2, -0.15) is 0 Å². The van der Waals surface area contributed by atoms with Crippen molar-refractivity contribution in [2.75, 3.05) is 20.3 Å². The van der Waals surface area contributed by atoms with Crippen molar-refractivity contribution >= 4 is 5.91 Å². The molecule has 5 heteroatoms. The van der Waals surface area contributed by atoms with Gasteiger partial charge >= 0.3 is 0 Å². The Bertz CT molecular complexity index is 393. The highest BCUT2D eigenvalue weighted by atomic mass is 16.5. The Morgan fingerprint density at radius 3 is 2.83 bits per heavy atom. The van der Waals surface area contributed by atoms with Crippen molar-refractivity contribution in [2.24, 2.45) is 0 Å². The summed E-state index contributed by atoms with van der Waals surface area (Å²) in [4.78, 5) is 11.4. The molecular formula is C13H19NO4. The van der Waals surface area contributed by atoms with Crippen LogP contribution < -0.4 is 14.8 Å². The molecule has 0 unspecified atom stereocenters. The molecule has 0 fully saturated rings. The molecule has 18 heavy (non-hydrogen) atoms. The predicted molar refractivity (Wildman–Crippen MR) is 67.7 cm³/mol. The Balaban J connectivity index is 2.58. The summed E-state index contributed by atoms with van der Waals surface area (Å²) in [6, 6.07) is 5.08. The van der Waals surface area contributed by atoms with E-state index in [0.29, 0.717) is 23.6 Å². The van der Waals surface area contributed by atoms with Crippen molar-refractivity contribution in [1.29, 1.82) is 0 Å². The first kappa shape index (κ1) is 14.3. The molecule has 0 aliphatic rings. The maximum Gasteiger partial charge on any atom is 0.257 e. The molecule has 0 aromatic heterocycles. The van der Waals surface area contributed by atoms with Crippen LogP contribution in [0.2, 0.25) is 0 Å². The van der Waals surface area contributed by atoms with E-state index in [1.165, 1.54) is 0 Å². The maximum absolute atomic E-state index is 11.4. The molecule has 0 radical (unpaired) electrons. The molecular weight excluding hydrogens is 234 g/mol. The fourth-order valence-electron chi connectivity index (χ4n) is 1.41. The zero-order valence-corrected chi connectivity index (χ0v) is 10.7. The molecule has 5 nitrogen and oxygen atoms in total. The molecule has 1 amide bonds. The van der Waals surface area contributed by atoms with Gasteiger partial charge in [0, 0.05) is 12.1 Å². The van der Waals surface area contributed by atoms with Crippen LogP contribution in [0.25, 0.3) is 0 Å². The van der Waals surface area contributed by atoms with Gasteiger partial charge in [0.15, 0.2) is 6.61 Å². The van der Waals surface area contributed by atoms with Gasteiger partial charge in [0.1, 0.15) is 11.5 Å². The van der Waals surface area contributed by atoms with Crippen LogP contribution in [0.4, 0.5) is 0 Å². The topological polar surface area (TPSA) is 67.8 Å². The van der Waals surface area contributed by atoms with Crippen molar-refractivity contribution in [1.82, 2.24) is 5.32 Å². The molecule has 0 atom stereocenters. The Morgan fingerprint density at radius 2 is 2.22 bits per heavy atom. The highest BCUT2D eigenvalue weighted by Crippen LogP contribution is 2.24. The number of amides is 1. The maximum atomic E-state index is 11.4. The Kier molecular flexibility index (Phi) is 6.00. The Hall–Kier alpha value is -1.75. The summed E-state index contributed by atoms with van der Waals surface area (Å²) in [7, 11) is 1.55. The van der Waals surface area contributed by atoms with E-state index in [4.69, 9.17) is 9.47 Å². The summed E-state index contributed by atoms with van der Waals surface area (Å²) in [5.74, 6) is 0.961. The molecule has 0 saturated carbocycles. The van der Waals surface area contributed by atoms with Crippen LogP contribution in [0, 0.1) is 0 Å². The number of benzene rings is 1. The van der Waals surface area contributed by atoms with Crippen LogP contribution in [0.3, 0.4) is 0 Å². The van der Waals surface area contributed by atoms with Crippen LogP contribution in [0.15, 0.2) is 18.2 Å². The highest BCUT2D eigenvalue weighted by Gasteiger charge is 2.07. The monoisotopic (exact) mass is 253 g/mol. The molecule has 100 valence electrons. The number of hydrogen-bond acceptors (Lipinski definition) is 4. The first-order chi connectivity index (χ1) is 8.71. The summed E-state index contributed by atoms with van der Waals surface area (Å²) in [5, 5.41) is 11.9. The van der Waals surface area contributed by atoms with Gasteiger partial charge in [-0.25, -0.2) is 0 Å². The normalized spacial score (nSPS) is 9.94. The van der Waals surface area contributed by atoms with Crippen molar-refractivity contribution in [3.05, 3.63) is 23.8 Å². The van der Waals surface area contributed by atoms with Gasteiger partial charge in [-0.3, -0.25) is 4.79 Å². The quantitative estimate of drug-likeness (QED) is 0.763. The minimum Gasteiger partial charge on any atom is -0.497 e. The van der Waals surface area contributed by atoms with Crippen LogP contribution in [-0.4, -0.2) is 31.3 Å². The molecule has 2 N–H and O–H groups in total. The lowest BCUT2D eigenvalue weighted by Gasteiger charge is -2.11. The van der Waals surface area contributed by atoms with E-state index in [9.17, 15) is 9.90 Å². The zero-order chi connectivity index (χ0) is 13.4. The first-order valence-electron chi connectivity index (χ1n) is 5.88. The van der Waals surface area contributed by atoms with Gasteiger partial charge in [0.2, 0.25) is 0 Å². The standard InChI is InChI=1S/C13H19NO4/c1-3-6-14-13(16)9-18-12-5-4-11(17-2)7-10(12)8-15/h4-5,7,15H,3,6,8-9H2,1-2H3,(H,14,16). The fraction of sp³-hybridized carbons (Fsp3) is 0.462. The molecule has 0 spiro atoms. The third-order valence-corrected chi connectivity index (χ3v) is 2.37. The zero-order valence-electron chi connectivity index (χ0n) is 10.7. The number of aliphatic hydroxyl groups is 1. The average Bonchev–Trinajstić information content (AvgIpc) is 2.42. The van der Waals surface area contributed by atoms with Gasteiger partial charge in [-0.05, 0) is 24.6 Å². The molecule has 1 aromatic carbocycles. The SMILES string of the molecule is CCCNC(=O)COc1ccc(OC)cc1CO. The predicted octanol–water partition coefficient (Wildman–Crippen LogP) is 1.09. The number of hydrogen-bond donors (Lipinski definition) is 2. The van der Waals surface area contributed by atoms with E-state index >= 15 is 0 Å². The van der Waals surface area contributed by atoms with Crippen molar-refractivity contribution < 1.29 is 19.4 Å². The minimum absolute atomic E-state index is 0.0562. The largest absolute Gasteiger partial charge is 0.497 e. The summed E-state index contributed by atoms with van der Waals surface area (Å²) >= 11 is 0. The van der Waals surface area contributed by atoms with Crippen molar-refractivity contribution in [3.63, 3.8) is 0 Å². The number of aliphatic hydroxyl groups excluding tert-OH is 1.